The van der Waals surface area contributed by atoms with Gasteiger partial charge < -0.3 is 14.7 Å². The van der Waals surface area contributed by atoms with E-state index in [2.05, 4.69) is 22.4 Å². The lowest BCUT2D eigenvalue weighted by atomic mass is 10.3. The van der Waals surface area contributed by atoms with Crippen molar-refractivity contribution in [1.82, 2.24) is 4.90 Å². The summed E-state index contributed by atoms with van der Waals surface area (Å²) in [6.45, 7) is 0.933. The van der Waals surface area contributed by atoms with Crippen LogP contribution < -0.4 is 4.74 Å². The Morgan fingerprint density at radius 2 is 2.22 bits per heavy atom. The Kier molecular flexibility index (Phi) is 3.92. The maximum Gasteiger partial charge on any atom is 0.407 e. The maximum atomic E-state index is 10.8. The molecular weight excluding hydrogens is 252 g/mol. The lowest BCUT2D eigenvalue weighted by Crippen LogP contribution is -2.29. The van der Waals surface area contributed by atoms with Gasteiger partial charge in [0, 0.05) is 13.0 Å². The number of nitrogens with zero attached hydrogens (tertiary/aromatic N) is 2. The summed E-state index contributed by atoms with van der Waals surface area (Å²) < 4.78 is 5.70. The maximum absolute atomic E-state index is 10.8. The molecule has 1 atom stereocenters. The van der Waals surface area contributed by atoms with Crippen LogP contribution in [0.15, 0.2) is 29.3 Å². The van der Waals surface area contributed by atoms with E-state index in [0.717, 1.165) is 5.69 Å². The molecule has 1 N–H and O–H groups in total. The van der Waals surface area contributed by atoms with Crippen LogP contribution in [0.1, 0.15) is 6.42 Å². The molecule has 18 heavy (non-hydrogen) atoms. The van der Waals surface area contributed by atoms with Crippen LogP contribution in [0.5, 0.6) is 5.75 Å². The molecule has 0 aromatic heterocycles. The van der Waals surface area contributed by atoms with E-state index in [-0.39, 0.29) is 6.10 Å². The van der Waals surface area contributed by atoms with Gasteiger partial charge in [0.05, 0.1) is 17.4 Å². The molecule has 0 saturated carbocycles. The van der Waals surface area contributed by atoms with E-state index in [4.69, 9.17) is 9.84 Å². The lowest BCUT2D eigenvalue weighted by molar-refractivity contribution is 0.145. The predicted molar refractivity (Wildman–Crippen MR) is 69.8 cm³/mol. The predicted octanol–water partition coefficient (Wildman–Crippen LogP) is 2.55. The molecule has 1 aromatic carbocycles. The zero-order valence-electron chi connectivity index (χ0n) is 9.57. The van der Waals surface area contributed by atoms with Crippen LogP contribution in [0.25, 0.3) is 0 Å². The number of carbonyl (C=O) groups is 1. The molecule has 94 valence electrons. The highest BCUT2D eigenvalue weighted by atomic mass is 32.1. The molecule has 1 fully saturated rings. The molecule has 6 heteroatoms. The molecule has 1 aliphatic heterocycles. The van der Waals surface area contributed by atoms with Gasteiger partial charge in [0.1, 0.15) is 11.9 Å². The monoisotopic (exact) mass is 264 g/mol. The second kappa shape index (κ2) is 5.62. The van der Waals surface area contributed by atoms with E-state index in [1.165, 1.54) is 4.90 Å². The summed E-state index contributed by atoms with van der Waals surface area (Å²) in [6, 6.07) is 7.13. The number of isothiocyanates is 1. The van der Waals surface area contributed by atoms with Crippen LogP contribution >= 0.6 is 12.2 Å². The van der Waals surface area contributed by atoms with E-state index in [0.29, 0.717) is 25.3 Å². The van der Waals surface area contributed by atoms with Gasteiger partial charge in [0.25, 0.3) is 0 Å². The summed E-state index contributed by atoms with van der Waals surface area (Å²) in [4.78, 5) is 16.0. The molecule has 1 aliphatic rings. The van der Waals surface area contributed by atoms with Crippen LogP contribution in [0.2, 0.25) is 0 Å². The summed E-state index contributed by atoms with van der Waals surface area (Å²) in [5.74, 6) is 0.704. The Bertz CT molecular complexity index is 483. The second-order valence-corrected chi connectivity index (χ2v) is 4.14. The normalized spacial score (nSPS) is 18.2. The van der Waals surface area contributed by atoms with Gasteiger partial charge in [-0.25, -0.2) is 4.79 Å². The zero-order valence-corrected chi connectivity index (χ0v) is 10.4. The van der Waals surface area contributed by atoms with Gasteiger partial charge in [-0.1, -0.05) is 0 Å². The molecule has 0 spiro atoms. The Morgan fingerprint density at radius 1 is 1.50 bits per heavy atom. The van der Waals surface area contributed by atoms with E-state index in [1.807, 2.05) is 0 Å². The van der Waals surface area contributed by atoms with Gasteiger partial charge in [-0.05, 0) is 36.5 Å². The number of ether oxygens (including phenoxy) is 1. The van der Waals surface area contributed by atoms with Gasteiger partial charge >= 0.3 is 6.09 Å². The van der Waals surface area contributed by atoms with Crippen molar-refractivity contribution in [1.29, 1.82) is 0 Å². The third-order valence-corrected chi connectivity index (χ3v) is 2.82. The van der Waals surface area contributed by atoms with Crippen molar-refractivity contribution in [3.05, 3.63) is 24.3 Å². The summed E-state index contributed by atoms with van der Waals surface area (Å²) in [6.07, 6.45) is -0.265. The highest BCUT2D eigenvalue weighted by molar-refractivity contribution is 7.78. The SMILES string of the molecule is O=C(O)N1CCC(Oc2ccc(N=C=S)cc2)C1. The molecule has 1 heterocycles. The molecule has 1 saturated heterocycles. The minimum Gasteiger partial charge on any atom is -0.489 e. The summed E-state index contributed by atoms with van der Waals surface area (Å²) in [5.41, 5.74) is 0.718. The van der Waals surface area contributed by atoms with Gasteiger partial charge in [0.15, 0.2) is 0 Å². The molecule has 1 aromatic rings. The van der Waals surface area contributed by atoms with Crippen LogP contribution in [-0.4, -0.2) is 40.5 Å². The Balaban J connectivity index is 1.94. The van der Waals surface area contributed by atoms with Gasteiger partial charge in [0.2, 0.25) is 0 Å². The number of aliphatic imine (C=N–C) groups is 1. The Morgan fingerprint density at radius 3 is 2.78 bits per heavy atom. The van der Waals surface area contributed by atoms with E-state index in [9.17, 15) is 4.79 Å². The Hall–Kier alpha value is -1.91. The average Bonchev–Trinajstić information content (AvgIpc) is 2.81. The molecule has 0 aliphatic carbocycles. The van der Waals surface area contributed by atoms with Crippen molar-refractivity contribution in [2.24, 2.45) is 4.99 Å². The third kappa shape index (κ3) is 3.06. The number of hydrogen-bond acceptors (Lipinski definition) is 4. The Labute approximate surface area is 110 Å². The second-order valence-electron chi connectivity index (χ2n) is 3.95. The van der Waals surface area contributed by atoms with Gasteiger partial charge in [-0.3, -0.25) is 0 Å². The summed E-state index contributed by atoms with van der Waals surface area (Å²) in [5, 5.41) is 11.1. The topological polar surface area (TPSA) is 62.1 Å². The fourth-order valence-electron chi connectivity index (χ4n) is 1.84. The number of carboxylic acid groups (broad SMARTS) is 1. The fourth-order valence-corrected chi connectivity index (χ4v) is 1.95. The number of likely N-dealkylation sites (tertiary alicyclic amines) is 1. The first-order valence-electron chi connectivity index (χ1n) is 5.51. The molecule has 1 amide bonds. The summed E-state index contributed by atoms with van der Waals surface area (Å²) in [7, 11) is 0. The standard InChI is InChI=1S/C12H12N2O3S/c15-12(16)14-6-5-11(7-14)17-10-3-1-9(2-4-10)13-8-18/h1-4,11H,5-7H2,(H,15,16). The smallest absolute Gasteiger partial charge is 0.407 e. The minimum absolute atomic E-state index is 0.0824. The molecule has 1 unspecified atom stereocenters. The average molecular weight is 264 g/mol. The van der Waals surface area contributed by atoms with Crippen molar-refractivity contribution < 1.29 is 14.6 Å². The van der Waals surface area contributed by atoms with Crippen LogP contribution in [0.3, 0.4) is 0 Å². The number of thiocarbonyl (C=S) groups is 1. The van der Waals surface area contributed by atoms with Gasteiger partial charge in [-0.15, -0.1) is 0 Å². The number of amides is 1. The van der Waals surface area contributed by atoms with Gasteiger partial charge in [-0.2, -0.15) is 4.99 Å². The van der Waals surface area contributed by atoms with Crippen molar-refractivity contribution in [3.63, 3.8) is 0 Å². The molecule has 0 bridgehead atoms. The fraction of sp³-hybridized carbons (Fsp3) is 0.333. The quantitative estimate of drug-likeness (QED) is 0.673. The first kappa shape index (κ1) is 12.5. The van der Waals surface area contributed by atoms with Crippen LogP contribution in [-0.2, 0) is 0 Å². The molecule has 5 nitrogen and oxygen atoms in total. The summed E-state index contributed by atoms with van der Waals surface area (Å²) >= 11 is 4.51. The number of benzene rings is 1. The molecule has 0 radical (unpaired) electrons. The van der Waals surface area contributed by atoms with Crippen LogP contribution in [0, 0.1) is 0 Å². The van der Waals surface area contributed by atoms with E-state index in [1.54, 1.807) is 24.3 Å². The largest absolute Gasteiger partial charge is 0.489 e. The number of hydrogen-bond donors (Lipinski definition) is 1. The van der Waals surface area contributed by atoms with Crippen molar-refractivity contribution in [3.8, 4) is 5.75 Å². The van der Waals surface area contributed by atoms with Crippen LogP contribution in [0.4, 0.5) is 10.5 Å². The first-order chi connectivity index (χ1) is 8.69. The van der Waals surface area contributed by atoms with Crippen molar-refractivity contribution in [2.45, 2.75) is 12.5 Å². The minimum atomic E-state index is -0.897. The lowest BCUT2D eigenvalue weighted by Gasteiger charge is -2.14. The van der Waals surface area contributed by atoms with E-state index < -0.39 is 6.09 Å². The number of rotatable bonds is 3. The molecular formula is C12H12N2O3S. The van der Waals surface area contributed by atoms with Crippen molar-refractivity contribution >= 4 is 29.2 Å². The van der Waals surface area contributed by atoms with Crippen molar-refractivity contribution in [2.75, 3.05) is 13.1 Å². The zero-order chi connectivity index (χ0) is 13.0. The highest BCUT2D eigenvalue weighted by Gasteiger charge is 2.27. The first-order valence-corrected chi connectivity index (χ1v) is 5.92. The van der Waals surface area contributed by atoms with E-state index >= 15 is 0 Å². The molecule has 2 rings (SSSR count). The third-order valence-electron chi connectivity index (χ3n) is 2.73. The highest BCUT2D eigenvalue weighted by Crippen LogP contribution is 2.21.